The van der Waals surface area contributed by atoms with Crippen LogP contribution in [0.25, 0.3) is 0 Å². The van der Waals surface area contributed by atoms with Gasteiger partial charge in [-0.2, -0.15) is 0 Å². The molecule has 0 aliphatic carbocycles. The molecule has 3 aromatic carbocycles. The standard InChI is InChI=1S/C25H26ClNO2/c1-3-9-21-14-20(17-27-23-12-6-5-7-13-23)16-24(28-4-2)25(21)29-18-19-10-8-11-22(26)15-19/h3,5-8,10-16,27H,1,4,9,17-18H2,2H3. The van der Waals surface area contributed by atoms with Crippen LogP contribution in [0.4, 0.5) is 5.69 Å². The highest BCUT2D eigenvalue weighted by Crippen LogP contribution is 2.35. The third-order valence-corrected chi connectivity index (χ3v) is 4.63. The Kier molecular flexibility index (Phi) is 7.60. The van der Waals surface area contributed by atoms with E-state index in [1.165, 1.54) is 0 Å². The zero-order valence-electron chi connectivity index (χ0n) is 16.7. The minimum Gasteiger partial charge on any atom is -0.490 e. The first-order chi connectivity index (χ1) is 14.2. The highest BCUT2D eigenvalue weighted by Gasteiger charge is 2.14. The topological polar surface area (TPSA) is 30.5 Å². The van der Waals surface area contributed by atoms with Crippen molar-refractivity contribution < 1.29 is 9.47 Å². The molecule has 0 atom stereocenters. The summed E-state index contributed by atoms with van der Waals surface area (Å²) in [6.45, 7) is 7.56. The van der Waals surface area contributed by atoms with E-state index in [0.717, 1.165) is 33.9 Å². The summed E-state index contributed by atoms with van der Waals surface area (Å²) < 4.78 is 12.1. The van der Waals surface area contributed by atoms with Crippen molar-refractivity contribution in [1.82, 2.24) is 0 Å². The molecule has 0 fully saturated rings. The molecule has 0 saturated heterocycles. The SMILES string of the molecule is C=CCc1cc(CNc2ccccc2)cc(OCC)c1OCc1cccc(Cl)c1. The molecule has 0 unspecified atom stereocenters. The maximum absolute atomic E-state index is 6.18. The summed E-state index contributed by atoms with van der Waals surface area (Å²) >= 11 is 6.09. The normalized spacial score (nSPS) is 10.4. The molecule has 0 aliphatic heterocycles. The average Bonchev–Trinajstić information content (AvgIpc) is 2.73. The number of para-hydroxylation sites is 1. The lowest BCUT2D eigenvalue weighted by atomic mass is 10.0. The van der Waals surface area contributed by atoms with E-state index >= 15 is 0 Å². The fourth-order valence-corrected chi connectivity index (χ4v) is 3.31. The predicted molar refractivity (Wildman–Crippen MR) is 121 cm³/mol. The Morgan fingerprint density at radius 2 is 1.79 bits per heavy atom. The first kappa shape index (κ1) is 20.8. The van der Waals surface area contributed by atoms with Crippen LogP contribution in [0.5, 0.6) is 11.5 Å². The molecule has 0 amide bonds. The Labute approximate surface area is 177 Å². The van der Waals surface area contributed by atoms with Crippen LogP contribution in [0.15, 0.2) is 79.4 Å². The fraction of sp³-hybridized carbons (Fsp3) is 0.200. The van der Waals surface area contributed by atoms with Crippen molar-refractivity contribution in [3.63, 3.8) is 0 Å². The van der Waals surface area contributed by atoms with E-state index in [1.54, 1.807) is 0 Å². The van der Waals surface area contributed by atoms with Crippen LogP contribution < -0.4 is 14.8 Å². The van der Waals surface area contributed by atoms with Crippen molar-refractivity contribution in [2.24, 2.45) is 0 Å². The Morgan fingerprint density at radius 3 is 2.52 bits per heavy atom. The van der Waals surface area contributed by atoms with Gasteiger partial charge in [-0.05, 0) is 60.9 Å². The van der Waals surface area contributed by atoms with E-state index in [4.69, 9.17) is 21.1 Å². The van der Waals surface area contributed by atoms with E-state index in [1.807, 2.05) is 61.5 Å². The van der Waals surface area contributed by atoms with Gasteiger partial charge in [-0.15, -0.1) is 6.58 Å². The smallest absolute Gasteiger partial charge is 0.165 e. The molecule has 1 N–H and O–H groups in total. The number of rotatable bonds is 10. The molecular weight excluding hydrogens is 382 g/mol. The Hall–Kier alpha value is -2.91. The highest BCUT2D eigenvalue weighted by molar-refractivity contribution is 6.30. The molecule has 4 heteroatoms. The van der Waals surface area contributed by atoms with E-state index in [9.17, 15) is 0 Å². The van der Waals surface area contributed by atoms with Crippen LogP contribution in [-0.4, -0.2) is 6.61 Å². The van der Waals surface area contributed by atoms with Crippen molar-refractivity contribution in [2.45, 2.75) is 26.5 Å². The molecular formula is C25H26ClNO2. The minimum absolute atomic E-state index is 0.423. The molecule has 3 rings (SSSR count). The van der Waals surface area contributed by atoms with Crippen molar-refractivity contribution >= 4 is 17.3 Å². The number of halogens is 1. The maximum atomic E-state index is 6.18. The molecule has 3 nitrogen and oxygen atoms in total. The average molecular weight is 408 g/mol. The van der Waals surface area contributed by atoms with Gasteiger partial charge in [0.25, 0.3) is 0 Å². The van der Waals surface area contributed by atoms with Gasteiger partial charge in [0.15, 0.2) is 11.5 Å². The van der Waals surface area contributed by atoms with E-state index in [0.29, 0.717) is 31.2 Å². The third-order valence-electron chi connectivity index (χ3n) is 4.40. The molecule has 150 valence electrons. The fourth-order valence-electron chi connectivity index (χ4n) is 3.10. The monoisotopic (exact) mass is 407 g/mol. The second-order valence-corrected chi connectivity index (χ2v) is 7.08. The number of hydrogen-bond acceptors (Lipinski definition) is 3. The largest absolute Gasteiger partial charge is 0.490 e. The van der Waals surface area contributed by atoms with Gasteiger partial charge < -0.3 is 14.8 Å². The number of benzene rings is 3. The lowest BCUT2D eigenvalue weighted by molar-refractivity contribution is 0.267. The van der Waals surface area contributed by atoms with Gasteiger partial charge in [0.1, 0.15) is 6.61 Å². The molecule has 0 bridgehead atoms. The van der Waals surface area contributed by atoms with E-state index < -0.39 is 0 Å². The Morgan fingerprint density at radius 1 is 0.966 bits per heavy atom. The highest BCUT2D eigenvalue weighted by atomic mass is 35.5. The first-order valence-electron chi connectivity index (χ1n) is 9.75. The summed E-state index contributed by atoms with van der Waals surface area (Å²) in [5, 5.41) is 4.15. The lowest BCUT2D eigenvalue weighted by Crippen LogP contribution is -2.06. The van der Waals surface area contributed by atoms with Crippen LogP contribution in [0.3, 0.4) is 0 Å². The van der Waals surface area contributed by atoms with Crippen LogP contribution in [0, 0.1) is 0 Å². The van der Waals surface area contributed by atoms with Crippen LogP contribution in [-0.2, 0) is 19.6 Å². The molecule has 0 radical (unpaired) electrons. The van der Waals surface area contributed by atoms with Gasteiger partial charge in [-0.1, -0.05) is 48.0 Å². The summed E-state index contributed by atoms with van der Waals surface area (Å²) in [6, 6.07) is 22.0. The van der Waals surface area contributed by atoms with Crippen molar-refractivity contribution in [3.8, 4) is 11.5 Å². The molecule has 0 saturated carbocycles. The predicted octanol–water partition coefficient (Wildman–Crippen LogP) is 6.66. The molecule has 0 spiro atoms. The summed E-state index contributed by atoms with van der Waals surface area (Å²) in [5.41, 5.74) is 4.28. The second-order valence-electron chi connectivity index (χ2n) is 6.65. The van der Waals surface area contributed by atoms with Gasteiger partial charge in [0.05, 0.1) is 6.61 Å². The van der Waals surface area contributed by atoms with Crippen LogP contribution in [0.2, 0.25) is 5.02 Å². The zero-order valence-corrected chi connectivity index (χ0v) is 17.4. The van der Waals surface area contributed by atoms with Crippen molar-refractivity contribution in [3.05, 3.63) is 101 Å². The zero-order chi connectivity index (χ0) is 20.5. The Bertz CT molecular complexity index is 941. The van der Waals surface area contributed by atoms with Gasteiger partial charge in [-0.3, -0.25) is 0 Å². The number of nitrogens with one attached hydrogen (secondary N) is 1. The van der Waals surface area contributed by atoms with Gasteiger partial charge >= 0.3 is 0 Å². The quantitative estimate of drug-likeness (QED) is 0.381. The number of allylic oxidation sites excluding steroid dienone is 1. The number of hydrogen-bond donors (Lipinski definition) is 1. The number of ether oxygens (including phenoxy) is 2. The maximum Gasteiger partial charge on any atom is 0.165 e. The number of anilines is 1. The molecule has 0 aromatic heterocycles. The summed E-state index contributed by atoms with van der Waals surface area (Å²) in [5.74, 6) is 1.51. The molecule has 0 heterocycles. The lowest BCUT2D eigenvalue weighted by Gasteiger charge is -2.18. The molecule has 0 aliphatic rings. The van der Waals surface area contributed by atoms with Gasteiger partial charge in [0, 0.05) is 22.8 Å². The third kappa shape index (κ3) is 6.03. The minimum atomic E-state index is 0.423. The van der Waals surface area contributed by atoms with Crippen molar-refractivity contribution in [1.29, 1.82) is 0 Å². The first-order valence-corrected chi connectivity index (χ1v) is 10.1. The molecule has 29 heavy (non-hydrogen) atoms. The summed E-state index contributed by atoms with van der Waals surface area (Å²) in [6.07, 6.45) is 2.58. The Balaban J connectivity index is 1.83. The summed E-state index contributed by atoms with van der Waals surface area (Å²) in [4.78, 5) is 0. The van der Waals surface area contributed by atoms with Crippen molar-refractivity contribution in [2.75, 3.05) is 11.9 Å². The van der Waals surface area contributed by atoms with E-state index in [2.05, 4.69) is 30.1 Å². The van der Waals surface area contributed by atoms with Gasteiger partial charge in [-0.25, -0.2) is 0 Å². The molecule has 3 aromatic rings. The summed E-state index contributed by atoms with van der Waals surface area (Å²) in [7, 11) is 0. The van der Waals surface area contributed by atoms with Crippen LogP contribution in [0.1, 0.15) is 23.6 Å². The second kappa shape index (κ2) is 10.6. The van der Waals surface area contributed by atoms with E-state index in [-0.39, 0.29) is 0 Å². The van der Waals surface area contributed by atoms with Gasteiger partial charge in [0.2, 0.25) is 0 Å². The van der Waals surface area contributed by atoms with Crippen LogP contribution >= 0.6 is 11.6 Å².